The van der Waals surface area contributed by atoms with Gasteiger partial charge in [-0.3, -0.25) is 4.79 Å². The van der Waals surface area contributed by atoms with Gasteiger partial charge in [0.2, 0.25) is 5.91 Å². The molecule has 0 saturated heterocycles. The highest BCUT2D eigenvalue weighted by Crippen LogP contribution is 2.43. The molecule has 0 unspecified atom stereocenters. The fourth-order valence-corrected chi connectivity index (χ4v) is 3.29. The van der Waals surface area contributed by atoms with Crippen LogP contribution in [0.1, 0.15) is 28.2 Å². The Bertz CT molecular complexity index is 887. The molecule has 3 nitrogen and oxygen atoms in total. The summed E-state index contributed by atoms with van der Waals surface area (Å²) in [7, 11) is 0. The molecule has 4 rings (SSSR count). The van der Waals surface area contributed by atoms with Gasteiger partial charge < -0.3 is 10.1 Å². The van der Waals surface area contributed by atoms with E-state index >= 15 is 0 Å². The Balaban J connectivity index is 1.65. The molecule has 0 fully saturated rings. The van der Waals surface area contributed by atoms with Crippen LogP contribution in [0, 0.1) is 6.92 Å². The molecule has 1 aliphatic rings. The predicted molar refractivity (Wildman–Crippen MR) is 97.8 cm³/mol. The summed E-state index contributed by atoms with van der Waals surface area (Å²) >= 11 is 0. The van der Waals surface area contributed by atoms with Crippen molar-refractivity contribution >= 4 is 5.91 Å². The van der Waals surface area contributed by atoms with Crippen LogP contribution in [0.3, 0.4) is 0 Å². The van der Waals surface area contributed by atoms with Gasteiger partial charge in [0, 0.05) is 17.7 Å². The Labute approximate surface area is 147 Å². The van der Waals surface area contributed by atoms with Gasteiger partial charge in [0.05, 0.1) is 5.92 Å². The highest BCUT2D eigenvalue weighted by molar-refractivity contribution is 5.89. The minimum atomic E-state index is -0.356. The minimum absolute atomic E-state index is 0.00791. The van der Waals surface area contributed by atoms with E-state index in [2.05, 4.69) is 18.3 Å². The summed E-state index contributed by atoms with van der Waals surface area (Å²) in [6, 6.07) is 23.6. The minimum Gasteiger partial charge on any atom is -0.457 e. The molecule has 1 aliphatic heterocycles. The molecule has 0 aromatic heterocycles. The van der Waals surface area contributed by atoms with E-state index in [-0.39, 0.29) is 11.8 Å². The number of rotatable bonds is 3. The highest BCUT2D eigenvalue weighted by Gasteiger charge is 2.32. The normalized spacial score (nSPS) is 12.7. The average molecular weight is 329 g/mol. The lowest BCUT2D eigenvalue weighted by Gasteiger charge is -2.27. The van der Waals surface area contributed by atoms with Crippen molar-refractivity contribution < 1.29 is 9.53 Å². The lowest BCUT2D eigenvalue weighted by Crippen LogP contribution is -2.31. The molecule has 0 spiro atoms. The van der Waals surface area contributed by atoms with Crippen molar-refractivity contribution in [2.24, 2.45) is 0 Å². The number of ether oxygens (including phenoxy) is 1. The van der Waals surface area contributed by atoms with Gasteiger partial charge in [0.15, 0.2) is 0 Å². The van der Waals surface area contributed by atoms with E-state index < -0.39 is 0 Å². The van der Waals surface area contributed by atoms with Gasteiger partial charge >= 0.3 is 0 Å². The van der Waals surface area contributed by atoms with Gasteiger partial charge in [-0.2, -0.15) is 0 Å². The van der Waals surface area contributed by atoms with Gasteiger partial charge in [0.1, 0.15) is 11.5 Å². The first-order valence-corrected chi connectivity index (χ1v) is 8.42. The van der Waals surface area contributed by atoms with Crippen LogP contribution in [0.5, 0.6) is 11.5 Å². The summed E-state index contributed by atoms with van der Waals surface area (Å²) in [4.78, 5) is 13.0. The third-order valence-electron chi connectivity index (χ3n) is 4.66. The summed E-state index contributed by atoms with van der Waals surface area (Å²) in [6.45, 7) is 2.58. The van der Waals surface area contributed by atoms with Crippen LogP contribution in [0.2, 0.25) is 0 Å². The van der Waals surface area contributed by atoms with Crippen LogP contribution in [0.25, 0.3) is 0 Å². The first-order valence-electron chi connectivity index (χ1n) is 8.42. The number of carbonyl (C=O) groups excluding carboxylic acids is 1. The van der Waals surface area contributed by atoms with Crippen molar-refractivity contribution in [2.75, 3.05) is 0 Å². The van der Waals surface area contributed by atoms with E-state index in [9.17, 15) is 4.79 Å². The number of hydrogen-bond donors (Lipinski definition) is 1. The molecule has 0 atom stereocenters. The molecule has 3 aromatic rings. The zero-order valence-electron chi connectivity index (χ0n) is 14.0. The molecule has 1 N–H and O–H groups in total. The quantitative estimate of drug-likeness (QED) is 0.765. The van der Waals surface area contributed by atoms with Gasteiger partial charge in [-0.1, -0.05) is 60.7 Å². The van der Waals surface area contributed by atoms with Crippen LogP contribution in [0.15, 0.2) is 72.8 Å². The standard InChI is InChI=1S/C22H19NO2/c1-15-8-2-3-9-16(15)14-23-22(24)21-17-10-4-6-12-19(17)25-20-13-7-5-11-18(20)21/h2-13,21H,14H2,1H3,(H,23,24). The molecule has 0 saturated carbocycles. The second-order valence-corrected chi connectivity index (χ2v) is 6.26. The number of nitrogens with one attached hydrogen (secondary N) is 1. The summed E-state index contributed by atoms with van der Waals surface area (Å²) in [5.74, 6) is 1.13. The molecule has 124 valence electrons. The zero-order chi connectivity index (χ0) is 17.2. The van der Waals surface area contributed by atoms with Crippen molar-refractivity contribution in [1.82, 2.24) is 5.32 Å². The van der Waals surface area contributed by atoms with Crippen LogP contribution in [-0.2, 0) is 11.3 Å². The first-order chi connectivity index (χ1) is 12.2. The zero-order valence-corrected chi connectivity index (χ0v) is 14.0. The predicted octanol–water partition coefficient (Wildman–Crippen LogP) is 4.55. The fourth-order valence-electron chi connectivity index (χ4n) is 3.29. The fraction of sp³-hybridized carbons (Fsp3) is 0.136. The number of para-hydroxylation sites is 2. The Morgan fingerprint density at radius 1 is 0.880 bits per heavy atom. The molecule has 0 bridgehead atoms. The highest BCUT2D eigenvalue weighted by atomic mass is 16.5. The largest absolute Gasteiger partial charge is 0.457 e. The number of carbonyl (C=O) groups is 1. The lowest BCUT2D eigenvalue weighted by atomic mass is 9.87. The monoisotopic (exact) mass is 329 g/mol. The van der Waals surface area contributed by atoms with Gasteiger partial charge in [-0.25, -0.2) is 0 Å². The van der Waals surface area contributed by atoms with Crippen molar-refractivity contribution in [3.63, 3.8) is 0 Å². The van der Waals surface area contributed by atoms with Crippen molar-refractivity contribution in [3.8, 4) is 11.5 Å². The van der Waals surface area contributed by atoms with E-state index in [1.807, 2.05) is 66.7 Å². The Morgan fingerprint density at radius 2 is 1.44 bits per heavy atom. The van der Waals surface area contributed by atoms with E-state index in [4.69, 9.17) is 4.74 Å². The van der Waals surface area contributed by atoms with Crippen molar-refractivity contribution in [3.05, 3.63) is 95.1 Å². The van der Waals surface area contributed by atoms with Gasteiger partial charge in [-0.05, 0) is 30.2 Å². The maximum absolute atomic E-state index is 13.0. The number of benzene rings is 3. The summed E-state index contributed by atoms with van der Waals surface area (Å²) in [5, 5.41) is 3.10. The molecule has 3 heteroatoms. The van der Waals surface area contributed by atoms with E-state index in [1.54, 1.807) is 0 Å². The maximum atomic E-state index is 13.0. The summed E-state index contributed by atoms with van der Waals surface area (Å²) < 4.78 is 5.96. The molecule has 0 radical (unpaired) electrons. The third-order valence-corrected chi connectivity index (χ3v) is 4.66. The number of fused-ring (bicyclic) bond motifs is 2. The van der Waals surface area contributed by atoms with Crippen molar-refractivity contribution in [1.29, 1.82) is 0 Å². The maximum Gasteiger partial charge on any atom is 0.232 e. The van der Waals surface area contributed by atoms with Crippen molar-refractivity contribution in [2.45, 2.75) is 19.4 Å². The van der Waals surface area contributed by atoms with E-state index in [1.165, 1.54) is 5.56 Å². The third kappa shape index (κ3) is 2.89. The van der Waals surface area contributed by atoms with Crippen LogP contribution in [-0.4, -0.2) is 5.91 Å². The Kier molecular flexibility index (Phi) is 3.98. The van der Waals surface area contributed by atoms with E-state index in [0.29, 0.717) is 6.54 Å². The van der Waals surface area contributed by atoms with Gasteiger partial charge in [0.25, 0.3) is 0 Å². The number of amides is 1. The lowest BCUT2D eigenvalue weighted by molar-refractivity contribution is -0.122. The topological polar surface area (TPSA) is 38.3 Å². The molecule has 1 amide bonds. The average Bonchev–Trinajstić information content (AvgIpc) is 2.65. The summed E-state index contributed by atoms with van der Waals surface area (Å²) in [5.41, 5.74) is 4.12. The second-order valence-electron chi connectivity index (χ2n) is 6.26. The molecular formula is C22H19NO2. The van der Waals surface area contributed by atoms with E-state index in [0.717, 1.165) is 28.2 Å². The summed E-state index contributed by atoms with van der Waals surface area (Å²) in [6.07, 6.45) is 0. The molecule has 25 heavy (non-hydrogen) atoms. The SMILES string of the molecule is Cc1ccccc1CNC(=O)C1c2ccccc2Oc2ccccc21. The van der Waals surface area contributed by atoms with Crippen LogP contribution < -0.4 is 10.1 Å². The second kappa shape index (κ2) is 6.44. The number of aryl methyl sites for hydroxylation is 1. The van der Waals surface area contributed by atoms with Gasteiger partial charge in [-0.15, -0.1) is 0 Å². The first kappa shape index (κ1) is 15.5. The molecule has 1 heterocycles. The van der Waals surface area contributed by atoms with Crippen LogP contribution in [0.4, 0.5) is 0 Å². The molecule has 3 aromatic carbocycles. The molecule has 0 aliphatic carbocycles. The Hall–Kier alpha value is -3.07. The Morgan fingerprint density at radius 3 is 2.08 bits per heavy atom. The smallest absolute Gasteiger partial charge is 0.232 e. The number of hydrogen-bond acceptors (Lipinski definition) is 2. The molecular weight excluding hydrogens is 310 g/mol. The van der Waals surface area contributed by atoms with Crippen LogP contribution >= 0.6 is 0 Å².